The molecular formula is C12H13F3O4S2. The third-order valence-electron chi connectivity index (χ3n) is 2.83. The van der Waals surface area contributed by atoms with Crippen molar-refractivity contribution >= 4 is 26.8 Å². The van der Waals surface area contributed by atoms with Gasteiger partial charge in [-0.1, -0.05) is 24.3 Å². The van der Waals surface area contributed by atoms with Gasteiger partial charge >= 0.3 is 5.51 Å². The molecule has 1 aliphatic carbocycles. The molecule has 0 aromatic heterocycles. The van der Waals surface area contributed by atoms with Crippen LogP contribution in [0.15, 0.2) is 24.3 Å². The molecule has 0 aliphatic heterocycles. The molecule has 0 bridgehead atoms. The average molecular weight is 342 g/mol. The van der Waals surface area contributed by atoms with Gasteiger partial charge in [0.25, 0.3) is 0 Å². The fourth-order valence-corrected chi connectivity index (χ4v) is 2.85. The summed E-state index contributed by atoms with van der Waals surface area (Å²) in [7, 11) is -5.89. The van der Waals surface area contributed by atoms with Gasteiger partial charge in [0.05, 0.1) is 12.5 Å². The molecule has 0 fully saturated rings. The summed E-state index contributed by atoms with van der Waals surface area (Å²) in [5.74, 6) is 0.351. The van der Waals surface area contributed by atoms with E-state index in [0.29, 0.717) is 5.78 Å². The first-order chi connectivity index (χ1) is 9.45. The Morgan fingerprint density at radius 2 is 1.71 bits per heavy atom. The number of rotatable bonds is 1. The standard InChI is InChI=1S/C11H13OS.CHF3O3S/c1-13(2)10-7-8-5-3-4-6-9(8)11(10)12;2-1(3,4)8(5,6)7/h3-6,10H,7H2,1-2H3;(H,5,6,7)/q+1;/p-1. The van der Waals surface area contributed by atoms with E-state index in [9.17, 15) is 18.0 Å². The first-order valence-electron chi connectivity index (χ1n) is 5.66. The number of alkyl halides is 3. The molecule has 9 heteroatoms. The Kier molecular flexibility index (Phi) is 5.46. The van der Waals surface area contributed by atoms with Crippen LogP contribution in [0.2, 0.25) is 0 Å². The lowest BCUT2D eigenvalue weighted by atomic mass is 10.1. The summed E-state index contributed by atoms with van der Waals surface area (Å²) in [4.78, 5) is 11.8. The van der Waals surface area contributed by atoms with Gasteiger partial charge in [-0.3, -0.25) is 4.79 Å². The molecule has 1 atom stereocenters. The van der Waals surface area contributed by atoms with E-state index in [2.05, 4.69) is 18.6 Å². The smallest absolute Gasteiger partial charge is 0.485 e. The largest absolute Gasteiger partial charge is 0.741 e. The topological polar surface area (TPSA) is 74.3 Å². The number of carbonyl (C=O) groups is 1. The van der Waals surface area contributed by atoms with Crippen LogP contribution < -0.4 is 0 Å². The zero-order valence-electron chi connectivity index (χ0n) is 11.2. The normalized spacial score (nSPS) is 18.2. The van der Waals surface area contributed by atoms with Crippen LogP contribution in [0.5, 0.6) is 0 Å². The lowest BCUT2D eigenvalue weighted by molar-refractivity contribution is -0.0517. The van der Waals surface area contributed by atoms with Gasteiger partial charge in [-0.2, -0.15) is 13.2 Å². The highest BCUT2D eigenvalue weighted by Gasteiger charge is 2.38. The molecule has 0 heterocycles. The highest BCUT2D eigenvalue weighted by molar-refractivity contribution is 7.96. The number of halogens is 3. The molecule has 1 aromatic rings. The van der Waals surface area contributed by atoms with E-state index in [0.717, 1.165) is 12.0 Å². The van der Waals surface area contributed by atoms with Gasteiger partial charge in [0.15, 0.2) is 15.4 Å². The zero-order chi connectivity index (χ0) is 16.4. The maximum Gasteiger partial charge on any atom is 0.485 e. The lowest BCUT2D eigenvalue weighted by Gasteiger charge is -2.08. The van der Waals surface area contributed by atoms with E-state index in [1.807, 2.05) is 18.2 Å². The van der Waals surface area contributed by atoms with E-state index < -0.39 is 15.6 Å². The fourth-order valence-electron chi connectivity index (χ4n) is 1.79. The van der Waals surface area contributed by atoms with E-state index in [4.69, 9.17) is 13.0 Å². The molecule has 0 N–H and O–H groups in total. The minimum absolute atomic E-state index is 0.203. The Balaban J connectivity index is 0.000000240. The van der Waals surface area contributed by atoms with Crippen molar-refractivity contribution in [1.82, 2.24) is 0 Å². The van der Waals surface area contributed by atoms with Crippen molar-refractivity contribution in [3.05, 3.63) is 35.4 Å². The van der Waals surface area contributed by atoms with Crippen LogP contribution in [0, 0.1) is 0 Å². The minimum atomic E-state index is -6.09. The second-order valence-corrected chi connectivity index (χ2v) is 8.19. The Morgan fingerprint density at radius 3 is 2.10 bits per heavy atom. The number of ketones is 1. The molecule has 0 radical (unpaired) electrons. The van der Waals surface area contributed by atoms with Gasteiger partial charge in [0.2, 0.25) is 5.78 Å². The van der Waals surface area contributed by atoms with Crippen LogP contribution in [0.3, 0.4) is 0 Å². The molecule has 1 aromatic carbocycles. The number of hydrogen-bond donors (Lipinski definition) is 0. The molecule has 4 nitrogen and oxygen atoms in total. The minimum Gasteiger partial charge on any atom is -0.741 e. The van der Waals surface area contributed by atoms with Crippen LogP contribution in [0.4, 0.5) is 13.2 Å². The molecule has 0 spiro atoms. The van der Waals surface area contributed by atoms with Gasteiger partial charge < -0.3 is 4.55 Å². The van der Waals surface area contributed by atoms with Crippen LogP contribution in [-0.4, -0.2) is 42.0 Å². The molecule has 0 amide bonds. The van der Waals surface area contributed by atoms with Crippen molar-refractivity contribution in [2.45, 2.75) is 17.2 Å². The van der Waals surface area contributed by atoms with Crippen molar-refractivity contribution in [3.8, 4) is 0 Å². The maximum atomic E-state index is 11.8. The van der Waals surface area contributed by atoms with Gasteiger partial charge in [-0.25, -0.2) is 8.42 Å². The third-order valence-corrected chi connectivity index (χ3v) is 4.92. The van der Waals surface area contributed by atoms with Crippen LogP contribution >= 0.6 is 0 Å². The summed E-state index contributed by atoms with van der Waals surface area (Å²) >= 11 is 0. The average Bonchev–Trinajstić information content (AvgIpc) is 2.66. The predicted octanol–water partition coefficient (Wildman–Crippen LogP) is 1.72. The van der Waals surface area contributed by atoms with Gasteiger partial charge in [-0.05, 0) is 16.5 Å². The van der Waals surface area contributed by atoms with Crippen molar-refractivity contribution in [3.63, 3.8) is 0 Å². The second kappa shape index (κ2) is 6.37. The fraction of sp³-hybridized carbons (Fsp3) is 0.417. The summed E-state index contributed by atoms with van der Waals surface area (Å²) < 4.78 is 58.9. The van der Waals surface area contributed by atoms with E-state index >= 15 is 0 Å². The Hall–Kier alpha value is -1.06. The summed E-state index contributed by atoms with van der Waals surface area (Å²) in [5.41, 5.74) is -3.46. The summed E-state index contributed by atoms with van der Waals surface area (Å²) in [6.07, 6.45) is 5.24. The highest BCUT2D eigenvalue weighted by atomic mass is 32.2. The van der Waals surface area contributed by atoms with Crippen LogP contribution in [0.25, 0.3) is 0 Å². The number of fused-ring (bicyclic) bond motifs is 1. The monoisotopic (exact) mass is 342 g/mol. The molecule has 21 heavy (non-hydrogen) atoms. The molecular weight excluding hydrogens is 329 g/mol. The summed E-state index contributed by atoms with van der Waals surface area (Å²) in [5, 5.41) is 0.248. The second-order valence-electron chi connectivity index (χ2n) is 4.49. The third kappa shape index (κ3) is 4.45. The number of hydrogen-bond acceptors (Lipinski definition) is 4. The molecule has 1 unspecified atom stereocenters. The van der Waals surface area contributed by atoms with E-state index in [-0.39, 0.29) is 16.1 Å². The van der Waals surface area contributed by atoms with Crippen molar-refractivity contribution in [2.24, 2.45) is 0 Å². The Labute approximate surface area is 123 Å². The molecule has 2 rings (SSSR count). The molecule has 0 saturated carbocycles. The van der Waals surface area contributed by atoms with Gasteiger partial charge in [0.1, 0.15) is 0 Å². The highest BCUT2D eigenvalue weighted by Crippen LogP contribution is 2.25. The van der Waals surface area contributed by atoms with Crippen molar-refractivity contribution in [2.75, 3.05) is 12.5 Å². The first-order valence-corrected chi connectivity index (χ1v) is 9.17. The van der Waals surface area contributed by atoms with Gasteiger partial charge in [0, 0.05) is 12.0 Å². The molecule has 1 aliphatic rings. The van der Waals surface area contributed by atoms with Crippen molar-refractivity contribution in [1.29, 1.82) is 0 Å². The van der Waals surface area contributed by atoms with Gasteiger partial charge in [-0.15, -0.1) is 0 Å². The van der Waals surface area contributed by atoms with Crippen LogP contribution in [-0.2, 0) is 27.4 Å². The molecule has 0 saturated heterocycles. The quantitative estimate of drug-likeness (QED) is 0.442. The summed E-state index contributed by atoms with van der Waals surface area (Å²) in [6, 6.07) is 7.98. The number of benzene rings is 1. The Morgan fingerprint density at radius 1 is 1.24 bits per heavy atom. The van der Waals surface area contributed by atoms with E-state index in [1.54, 1.807) is 0 Å². The lowest BCUT2D eigenvalue weighted by Crippen LogP contribution is -2.25. The molecule has 118 valence electrons. The first kappa shape index (κ1) is 18.0. The van der Waals surface area contributed by atoms with Crippen molar-refractivity contribution < 1.29 is 30.9 Å². The SMILES string of the molecule is C[S+](C)C1Cc2ccccc2C1=O.O=S(=O)([O-])C(F)(F)F. The predicted molar refractivity (Wildman–Crippen MR) is 73.2 cm³/mol. The summed E-state index contributed by atoms with van der Waals surface area (Å²) in [6.45, 7) is 0. The maximum absolute atomic E-state index is 11.8. The number of carbonyl (C=O) groups excluding carboxylic acids is 1. The van der Waals surface area contributed by atoms with Crippen LogP contribution in [0.1, 0.15) is 15.9 Å². The zero-order valence-corrected chi connectivity index (χ0v) is 12.8. The van der Waals surface area contributed by atoms with E-state index in [1.165, 1.54) is 5.56 Å². The number of Topliss-reactive ketones (excluding diaryl/α,β-unsaturated/α-hetero) is 1. The Bertz CT molecular complexity index is 624.